The van der Waals surface area contributed by atoms with Gasteiger partial charge in [0.15, 0.2) is 18.3 Å². The summed E-state index contributed by atoms with van der Waals surface area (Å²) in [5, 5.41) is 11.7. The first kappa shape index (κ1) is 32.9. The Morgan fingerprint density at radius 3 is 2.25 bits per heavy atom. The molecule has 1 aromatic carbocycles. The molecule has 3 aliphatic rings. The fourth-order valence-corrected chi connectivity index (χ4v) is 6.02. The normalized spacial score (nSPS) is 30.5. The summed E-state index contributed by atoms with van der Waals surface area (Å²) in [5.74, 6) is -3.94. The molecule has 1 unspecified atom stereocenters. The predicted octanol–water partition coefficient (Wildman–Crippen LogP) is 3.95. The monoisotopic (exact) mass is 612 g/mol. The largest absolute Gasteiger partial charge is 0.462 e. The zero-order valence-electron chi connectivity index (χ0n) is 25.8. The van der Waals surface area contributed by atoms with Gasteiger partial charge in [-0.25, -0.2) is 4.79 Å². The molecular weight excluding hydrogens is 572 g/mol. The summed E-state index contributed by atoms with van der Waals surface area (Å²) in [6.45, 7) is 13.4. The van der Waals surface area contributed by atoms with Gasteiger partial charge in [0.1, 0.15) is 12.2 Å². The van der Waals surface area contributed by atoms with E-state index in [2.05, 4.69) is 6.58 Å². The molecule has 2 fully saturated rings. The molecule has 0 spiro atoms. The number of epoxide rings is 1. The number of hydrogen-bond donors (Lipinski definition) is 1. The van der Waals surface area contributed by atoms with E-state index in [1.54, 1.807) is 36.4 Å². The van der Waals surface area contributed by atoms with E-state index in [0.29, 0.717) is 24.0 Å². The van der Waals surface area contributed by atoms with E-state index < -0.39 is 78.1 Å². The van der Waals surface area contributed by atoms with Crippen molar-refractivity contribution in [2.45, 2.75) is 96.8 Å². The first-order valence-corrected chi connectivity index (χ1v) is 14.5. The Labute approximate surface area is 256 Å². The molecule has 0 amide bonds. The van der Waals surface area contributed by atoms with Crippen LogP contribution in [0.5, 0.6) is 0 Å². The van der Waals surface area contributed by atoms with Crippen molar-refractivity contribution in [1.82, 2.24) is 0 Å². The van der Waals surface area contributed by atoms with Crippen LogP contribution in [-0.2, 0) is 42.8 Å². The van der Waals surface area contributed by atoms with Crippen LogP contribution in [-0.4, -0.2) is 71.4 Å². The fourth-order valence-electron chi connectivity index (χ4n) is 6.02. The number of carbonyl (C=O) groups is 4. The van der Waals surface area contributed by atoms with Crippen molar-refractivity contribution in [3.8, 4) is 0 Å². The third-order valence-electron chi connectivity index (χ3n) is 8.06. The minimum absolute atomic E-state index is 0.172. The van der Waals surface area contributed by atoms with E-state index in [4.69, 9.17) is 28.4 Å². The molecule has 1 N–H and O–H groups in total. The van der Waals surface area contributed by atoms with Gasteiger partial charge < -0.3 is 33.5 Å². The van der Waals surface area contributed by atoms with E-state index in [1.165, 1.54) is 27.0 Å². The summed E-state index contributed by atoms with van der Waals surface area (Å²) >= 11 is 0. The lowest BCUT2D eigenvalue weighted by Gasteiger charge is -2.42. The molecule has 4 rings (SSSR count). The van der Waals surface area contributed by atoms with Gasteiger partial charge in [0, 0.05) is 32.3 Å². The number of hydrogen-bond acceptors (Lipinski definition) is 11. The van der Waals surface area contributed by atoms with Gasteiger partial charge in [-0.2, -0.15) is 0 Å². The molecular formula is C33H40O11. The Balaban J connectivity index is 1.78. The second-order valence-electron chi connectivity index (χ2n) is 11.9. The second kappa shape index (κ2) is 13.4. The molecule has 44 heavy (non-hydrogen) atoms. The molecule has 1 saturated heterocycles. The lowest BCUT2D eigenvalue weighted by molar-refractivity contribution is -0.184. The van der Waals surface area contributed by atoms with Crippen LogP contribution in [0.2, 0.25) is 0 Å². The van der Waals surface area contributed by atoms with Gasteiger partial charge in [0.2, 0.25) is 6.29 Å². The maximum Gasteiger partial charge on any atom is 0.338 e. The van der Waals surface area contributed by atoms with Gasteiger partial charge in [0.25, 0.3) is 0 Å². The zero-order valence-corrected chi connectivity index (χ0v) is 25.8. The highest BCUT2D eigenvalue weighted by Crippen LogP contribution is 2.52. The smallest absolute Gasteiger partial charge is 0.338 e. The van der Waals surface area contributed by atoms with Crippen LogP contribution in [0.25, 0.3) is 0 Å². The van der Waals surface area contributed by atoms with Crippen LogP contribution in [0, 0.1) is 11.8 Å². The quantitative estimate of drug-likeness (QED) is 0.197. The van der Waals surface area contributed by atoms with Crippen LogP contribution in [0.1, 0.15) is 64.7 Å². The first-order chi connectivity index (χ1) is 20.7. The van der Waals surface area contributed by atoms with E-state index in [1.807, 2.05) is 20.8 Å². The number of rotatable bonds is 8. The second-order valence-corrected chi connectivity index (χ2v) is 11.9. The van der Waals surface area contributed by atoms with Crippen LogP contribution < -0.4 is 0 Å². The standard InChI is InChI=1S/C33H40O11/c1-17(2)15-25(40-19(4)34)28(41-20(5)35)24-16-39-32(42-21(6)36)26-18(3)27(37)29(30-33(7,44-30)14-13-23(24)26)43-31(38)22-11-9-8-10-12-22/h8-12,15-16,23,25-30,32,37H,3,13-14H2,1-2,4-7H3/t23-,25-,26+,27+,28+,29+,30+,32+,33?/m1/s1. The van der Waals surface area contributed by atoms with Crippen LogP contribution >= 0.6 is 0 Å². The molecule has 11 nitrogen and oxygen atoms in total. The summed E-state index contributed by atoms with van der Waals surface area (Å²) in [5.41, 5.74) is 0.940. The third-order valence-corrected chi connectivity index (χ3v) is 8.06. The Kier molecular flexibility index (Phi) is 10.00. The first-order valence-electron chi connectivity index (χ1n) is 14.5. The zero-order chi connectivity index (χ0) is 32.3. The summed E-state index contributed by atoms with van der Waals surface area (Å²) in [6.07, 6.45) is -2.71. The number of ether oxygens (including phenoxy) is 6. The number of aliphatic hydroxyl groups is 1. The van der Waals surface area contributed by atoms with Gasteiger partial charge >= 0.3 is 23.9 Å². The van der Waals surface area contributed by atoms with Gasteiger partial charge in [0.05, 0.1) is 23.3 Å². The molecule has 0 bridgehead atoms. The molecule has 238 valence electrons. The summed E-state index contributed by atoms with van der Waals surface area (Å²) in [4.78, 5) is 49.7. The SMILES string of the molecule is C=C1[C@@H]2[C@H](OC(C)=O)OC=C([C@H](OC(C)=O)[C@@H](C=C(C)C)OC(C)=O)[C@H]2CCC2(C)O[C@H]2[C@@H](OC(=O)c2ccccc2)[C@H]1O. The van der Waals surface area contributed by atoms with E-state index in [9.17, 15) is 24.3 Å². The Morgan fingerprint density at radius 2 is 1.66 bits per heavy atom. The number of esters is 4. The van der Waals surface area contributed by atoms with Gasteiger partial charge in [-0.3, -0.25) is 14.4 Å². The van der Waals surface area contributed by atoms with Gasteiger partial charge in [-0.15, -0.1) is 0 Å². The summed E-state index contributed by atoms with van der Waals surface area (Å²) < 4.78 is 34.7. The molecule has 1 aliphatic carbocycles. The number of aliphatic hydroxyl groups excluding tert-OH is 1. The van der Waals surface area contributed by atoms with Crippen molar-refractivity contribution in [3.05, 3.63) is 71.5 Å². The van der Waals surface area contributed by atoms with Crippen molar-refractivity contribution in [1.29, 1.82) is 0 Å². The van der Waals surface area contributed by atoms with Crippen LogP contribution in [0.15, 0.2) is 66.0 Å². The molecule has 11 heteroatoms. The lowest BCUT2D eigenvalue weighted by atomic mass is 9.73. The highest BCUT2D eigenvalue weighted by molar-refractivity contribution is 5.89. The van der Waals surface area contributed by atoms with E-state index in [0.717, 1.165) is 5.57 Å². The van der Waals surface area contributed by atoms with Crippen molar-refractivity contribution >= 4 is 23.9 Å². The number of allylic oxidation sites excluding steroid dienone is 1. The maximum atomic E-state index is 13.1. The van der Waals surface area contributed by atoms with Gasteiger partial charge in [-0.1, -0.05) is 30.4 Å². The van der Waals surface area contributed by atoms with E-state index in [-0.39, 0.29) is 5.57 Å². The van der Waals surface area contributed by atoms with Crippen molar-refractivity contribution in [3.63, 3.8) is 0 Å². The van der Waals surface area contributed by atoms with Gasteiger partial charge in [-0.05, 0) is 57.4 Å². The molecule has 1 saturated carbocycles. The molecule has 0 radical (unpaired) electrons. The highest BCUT2D eigenvalue weighted by atomic mass is 16.7. The summed E-state index contributed by atoms with van der Waals surface area (Å²) in [6, 6.07) is 8.38. The Morgan fingerprint density at radius 1 is 1.00 bits per heavy atom. The average molecular weight is 613 g/mol. The van der Waals surface area contributed by atoms with Crippen LogP contribution in [0.4, 0.5) is 0 Å². The minimum Gasteiger partial charge on any atom is -0.462 e. The number of carbonyl (C=O) groups excluding carboxylic acids is 4. The summed E-state index contributed by atoms with van der Waals surface area (Å²) in [7, 11) is 0. The Hall–Kier alpha value is -3.96. The van der Waals surface area contributed by atoms with Crippen molar-refractivity contribution in [2.75, 3.05) is 0 Å². The van der Waals surface area contributed by atoms with Crippen LogP contribution in [0.3, 0.4) is 0 Å². The minimum atomic E-state index is -1.45. The number of fused-ring (bicyclic) bond motifs is 2. The third kappa shape index (κ3) is 7.39. The lowest BCUT2D eigenvalue weighted by Crippen LogP contribution is -2.47. The average Bonchev–Trinajstić information content (AvgIpc) is 3.61. The van der Waals surface area contributed by atoms with Crippen molar-refractivity contribution < 1.29 is 52.7 Å². The number of benzene rings is 1. The maximum absolute atomic E-state index is 13.1. The molecule has 2 heterocycles. The predicted molar refractivity (Wildman–Crippen MR) is 156 cm³/mol. The van der Waals surface area contributed by atoms with Crippen molar-refractivity contribution in [2.24, 2.45) is 11.8 Å². The fraction of sp³-hybridized carbons (Fsp3) is 0.515. The Bertz CT molecular complexity index is 1340. The molecule has 1 aromatic rings. The van der Waals surface area contributed by atoms with E-state index >= 15 is 0 Å². The topological polar surface area (TPSA) is 147 Å². The molecule has 2 aliphatic heterocycles. The molecule has 0 aromatic heterocycles. The molecule has 9 atom stereocenters. The highest BCUT2D eigenvalue weighted by Gasteiger charge is 2.62.